The van der Waals surface area contributed by atoms with Crippen LogP contribution in [0.3, 0.4) is 0 Å². The molecule has 16 rings (SSSR count). The standard InChI is InChI=1S/C21H21F3N6O2.C20H18F4N6O2.2C20H20F3N7O2/c1-13-5-6-16(17(10-13)30-27-7-8-28-30)19(31)29-9-3-4-18(14(29)2)32-20-25-11-15(12-26-20)21(22,23)24;1-12-17(32-19-25-10-13(11-26-19)20(22,23)24)3-2-8-29(12)18(31)15-9-14(21)4-5-16(15)30-27-6-7-28-30;1-12-5-6-14(15(10-12)30-25-7-8-26-30)18(31)29-9-3-4-16(13(29)2)32-19-24-11-17(27-28-19)20(21,22)23;1-12-8-15(17(24-9-12)30-27-5-6-28-30)18(31)29-7-3-4-16(13(29)2)32-19-25-10-14(11-26-19)20(21,22)23/h5-8,10-12,14,18H,3-4,9H2,1-2H3;4-7,9-12,17H,2-3,8H2,1H3;5-8,10-11,13,16H,3-4,9H2,1-2H3;5-6,8-11,13,16H,3-4,7H2,1-2H3/t14-,18+;12-,17+;2*13-,16+/m0000/s1. The minimum atomic E-state index is -4.63. The summed E-state index contributed by atoms with van der Waals surface area (Å²) in [6.45, 7) is 14.8. The highest BCUT2D eigenvalue weighted by molar-refractivity contribution is 6.00. The highest BCUT2D eigenvalue weighted by atomic mass is 19.4. The molecule has 0 saturated carbocycles. The Hall–Kier alpha value is -14.2. The minimum Gasteiger partial charge on any atom is -0.458 e. The number of hydrogen-bond donors (Lipinski definition) is 0. The van der Waals surface area contributed by atoms with E-state index in [1.54, 1.807) is 46.0 Å². The number of halogens is 13. The Morgan fingerprint density at radius 3 is 0.984 bits per heavy atom. The molecule has 4 aliphatic heterocycles. The van der Waals surface area contributed by atoms with Gasteiger partial charge >= 0.3 is 48.7 Å². The predicted molar refractivity (Wildman–Crippen MR) is 420 cm³/mol. The van der Waals surface area contributed by atoms with Crippen molar-refractivity contribution >= 4 is 23.6 Å². The van der Waals surface area contributed by atoms with Gasteiger partial charge in [0.1, 0.15) is 30.2 Å². The summed E-state index contributed by atoms with van der Waals surface area (Å²) in [5.41, 5.74) is 1.41. The van der Waals surface area contributed by atoms with Gasteiger partial charge in [-0.1, -0.05) is 17.2 Å². The van der Waals surface area contributed by atoms with Crippen molar-refractivity contribution < 1.29 is 95.2 Å². The van der Waals surface area contributed by atoms with Crippen molar-refractivity contribution in [2.45, 2.75) is 173 Å². The maximum atomic E-state index is 14.0. The Labute approximate surface area is 718 Å². The molecule has 4 fully saturated rings. The highest BCUT2D eigenvalue weighted by Gasteiger charge is 2.42. The van der Waals surface area contributed by atoms with Crippen LogP contribution in [-0.4, -0.2) is 228 Å². The number of carbonyl (C=O) groups excluding carboxylic acids is 4. The maximum absolute atomic E-state index is 14.0. The summed E-state index contributed by atoms with van der Waals surface area (Å²) in [7, 11) is 0. The molecule has 0 radical (unpaired) electrons. The molecule has 47 heteroatoms. The Balaban J connectivity index is 0.000000146. The van der Waals surface area contributed by atoms with Crippen LogP contribution in [0.4, 0.5) is 57.1 Å². The number of likely N-dealkylation sites (tertiary alicyclic amines) is 4. The van der Waals surface area contributed by atoms with E-state index in [-0.39, 0.29) is 65.5 Å². The molecule has 34 nitrogen and oxygen atoms in total. The van der Waals surface area contributed by atoms with Crippen molar-refractivity contribution in [1.82, 2.24) is 130 Å². The van der Waals surface area contributed by atoms with Crippen LogP contribution in [0.5, 0.6) is 24.0 Å². The van der Waals surface area contributed by atoms with Crippen molar-refractivity contribution in [1.29, 1.82) is 0 Å². The second-order valence-corrected chi connectivity index (χ2v) is 29.9. The van der Waals surface area contributed by atoms with Crippen LogP contribution in [-0.2, 0) is 24.7 Å². The molecule has 9 aromatic heterocycles. The van der Waals surface area contributed by atoms with Gasteiger partial charge in [-0.2, -0.15) is 108 Å². The van der Waals surface area contributed by atoms with E-state index in [0.717, 1.165) is 22.8 Å². The molecule has 12 aromatic rings. The average Bonchev–Trinajstić information content (AvgIpc) is 1.19. The third-order valence-electron chi connectivity index (χ3n) is 21.1. The van der Waals surface area contributed by atoms with Gasteiger partial charge in [-0.05, 0) is 165 Å². The lowest BCUT2D eigenvalue weighted by Gasteiger charge is -2.39. The second kappa shape index (κ2) is 39.1. The van der Waals surface area contributed by atoms with Crippen LogP contribution >= 0.6 is 0 Å². The molecular weight excluding hydrogens is 1710 g/mol. The third kappa shape index (κ3) is 22.0. The van der Waals surface area contributed by atoms with Crippen LogP contribution in [0.15, 0.2) is 160 Å². The Kier molecular flexibility index (Phi) is 28.0. The summed E-state index contributed by atoms with van der Waals surface area (Å²) in [5.74, 6) is -1.39. The minimum absolute atomic E-state index is 0.0829. The maximum Gasteiger partial charge on any atom is 0.436 e. The monoisotopic (exact) mass is 1790 g/mol. The van der Waals surface area contributed by atoms with Gasteiger partial charge in [0.05, 0.1) is 136 Å². The van der Waals surface area contributed by atoms with Crippen LogP contribution in [0.25, 0.3) is 22.9 Å². The first-order valence-corrected chi connectivity index (χ1v) is 39.7. The summed E-state index contributed by atoms with van der Waals surface area (Å²) in [6.07, 6.45) is 2.94. The van der Waals surface area contributed by atoms with E-state index in [0.29, 0.717) is 160 Å². The van der Waals surface area contributed by atoms with E-state index < -0.39 is 89.3 Å². The van der Waals surface area contributed by atoms with Gasteiger partial charge < -0.3 is 38.5 Å². The molecule has 4 saturated heterocycles. The Morgan fingerprint density at radius 1 is 0.328 bits per heavy atom. The van der Waals surface area contributed by atoms with Crippen molar-refractivity contribution in [2.75, 3.05) is 26.2 Å². The number of nitrogens with zero attached hydrogens (tertiary/aromatic N) is 26. The molecule has 0 unspecified atom stereocenters. The van der Waals surface area contributed by atoms with Crippen molar-refractivity contribution in [2.24, 2.45) is 0 Å². The molecule has 4 aliphatic rings. The van der Waals surface area contributed by atoms with E-state index in [9.17, 15) is 76.3 Å². The number of alkyl halides is 12. The van der Waals surface area contributed by atoms with Gasteiger partial charge in [0.15, 0.2) is 11.5 Å². The number of carbonyl (C=O) groups is 4. The number of ether oxygens (including phenoxy) is 4. The summed E-state index contributed by atoms with van der Waals surface area (Å²) in [4.78, 5) is 95.4. The lowest BCUT2D eigenvalue weighted by atomic mass is 9.98. The Bertz CT molecular complexity index is 5400. The normalized spacial score (nSPS) is 19.1. The van der Waals surface area contributed by atoms with Gasteiger partial charge in [0.25, 0.3) is 23.6 Å². The molecular formula is C81H79F13N26O8. The first kappa shape index (κ1) is 91.5. The molecule has 128 heavy (non-hydrogen) atoms. The van der Waals surface area contributed by atoms with Crippen molar-refractivity contribution in [3.8, 4) is 46.9 Å². The fourth-order valence-electron chi connectivity index (χ4n) is 14.4. The molecule has 4 amide bonds. The zero-order valence-electron chi connectivity index (χ0n) is 68.9. The van der Waals surface area contributed by atoms with Gasteiger partial charge in [0, 0.05) is 69.6 Å². The number of piperidine rings is 4. The van der Waals surface area contributed by atoms with Gasteiger partial charge in [-0.3, -0.25) is 19.2 Å². The zero-order chi connectivity index (χ0) is 91.5. The fraction of sp³-hybridized carbons (Fsp3) is 0.383. The quantitative estimate of drug-likeness (QED) is 0.0811. The topological polar surface area (TPSA) is 370 Å². The summed E-state index contributed by atoms with van der Waals surface area (Å²) < 4.78 is 189. The lowest BCUT2D eigenvalue weighted by Crippen LogP contribution is -2.51. The van der Waals surface area contributed by atoms with Crippen molar-refractivity contribution in [3.63, 3.8) is 0 Å². The Morgan fingerprint density at radius 2 is 0.648 bits per heavy atom. The third-order valence-corrected chi connectivity index (χ3v) is 21.1. The highest BCUT2D eigenvalue weighted by Crippen LogP contribution is 2.36. The largest absolute Gasteiger partial charge is 0.458 e. The van der Waals surface area contributed by atoms with E-state index in [2.05, 4.69) is 90.9 Å². The van der Waals surface area contributed by atoms with E-state index in [4.69, 9.17) is 18.9 Å². The predicted octanol–water partition coefficient (Wildman–Crippen LogP) is 12.4. The van der Waals surface area contributed by atoms with Crippen molar-refractivity contribution in [3.05, 3.63) is 227 Å². The number of pyridine rings is 1. The molecule has 0 spiro atoms. The van der Waals surface area contributed by atoms with Crippen LogP contribution in [0.1, 0.15) is 160 Å². The summed E-state index contributed by atoms with van der Waals surface area (Å²) >= 11 is 0. The number of aromatic nitrogens is 22. The first-order valence-electron chi connectivity index (χ1n) is 39.7. The number of rotatable bonds is 16. The number of aryl methyl sites for hydroxylation is 3. The number of hydrogen-bond acceptors (Lipinski definition) is 26. The molecule has 3 aromatic carbocycles. The van der Waals surface area contributed by atoms with Gasteiger partial charge in [-0.15, -0.1) is 9.90 Å². The number of benzene rings is 3. The molecule has 0 N–H and O–H groups in total. The summed E-state index contributed by atoms with van der Waals surface area (Å²) in [5, 5.41) is 39.3. The van der Waals surface area contributed by atoms with E-state index in [1.807, 2.05) is 65.8 Å². The zero-order valence-corrected chi connectivity index (χ0v) is 68.9. The molecule has 8 atom stereocenters. The van der Waals surface area contributed by atoms with Gasteiger partial charge in [0.2, 0.25) is 0 Å². The first-order chi connectivity index (χ1) is 60.9. The second-order valence-electron chi connectivity index (χ2n) is 29.9. The van der Waals surface area contributed by atoms with Crippen LogP contribution in [0.2, 0.25) is 0 Å². The van der Waals surface area contributed by atoms with Gasteiger partial charge in [-0.25, -0.2) is 44.3 Å². The lowest BCUT2D eigenvalue weighted by molar-refractivity contribution is -0.142. The fourth-order valence-corrected chi connectivity index (χ4v) is 14.4. The molecule has 672 valence electrons. The smallest absolute Gasteiger partial charge is 0.436 e. The molecule has 0 bridgehead atoms. The SMILES string of the molecule is C[C@H]1[C@H](Oc2ncc(C(F)(F)F)cn2)CCCN1C(=O)c1cc(F)ccc1-n1nccn1.Cc1ccc(C(=O)N2CCC[C@@H](Oc3ncc(C(F)(F)F)cn3)[C@@H]2C)c(-n2nccn2)c1.Cc1ccc(C(=O)N2CCC[C@@H](Oc3ncc(C(F)(F)F)nn3)[C@@H]2C)c(-n2nccn2)c1.Cc1cnc(-n2nccn2)c(C(=O)N2CCC[C@@H](Oc3ncc(C(F)(F)F)cn3)[C@@H]2C)c1. The van der Waals surface area contributed by atoms with Crippen LogP contribution < -0.4 is 18.9 Å². The average molecular weight is 1790 g/mol. The summed E-state index contributed by atoms with van der Waals surface area (Å²) in [6, 6.07) is 14.0. The molecule has 0 aliphatic carbocycles. The van der Waals surface area contributed by atoms with Crippen LogP contribution in [0, 0.1) is 26.6 Å². The number of amides is 4. The van der Waals surface area contributed by atoms with E-state index in [1.165, 1.54) is 85.8 Å². The molecule has 13 heterocycles. The van der Waals surface area contributed by atoms with E-state index >= 15 is 0 Å².